The summed E-state index contributed by atoms with van der Waals surface area (Å²) in [6.45, 7) is 7.72. The summed E-state index contributed by atoms with van der Waals surface area (Å²) in [5.41, 5.74) is 1.37. The Morgan fingerprint density at radius 1 is 1.08 bits per heavy atom. The summed E-state index contributed by atoms with van der Waals surface area (Å²) >= 11 is 0. The van der Waals surface area contributed by atoms with Crippen molar-refractivity contribution in [3.05, 3.63) is 12.2 Å². The first kappa shape index (κ1) is 13.7. The van der Waals surface area contributed by atoms with E-state index in [0.29, 0.717) is 18.0 Å². The molecule has 9 aliphatic rings. The van der Waals surface area contributed by atoms with Crippen molar-refractivity contribution in [2.45, 2.75) is 63.0 Å². The van der Waals surface area contributed by atoms with Gasteiger partial charge in [0, 0.05) is 30.5 Å². The highest BCUT2D eigenvalue weighted by Crippen LogP contribution is 2.86. The van der Waals surface area contributed by atoms with Gasteiger partial charge in [-0.25, -0.2) is 0 Å². The highest BCUT2D eigenvalue weighted by Gasteiger charge is 2.90. The van der Waals surface area contributed by atoms with E-state index in [9.17, 15) is 15.3 Å². The summed E-state index contributed by atoms with van der Waals surface area (Å²) in [5, 5.41) is 33.3. The Hall–Kier alpha value is -0.420. The first-order valence-electron chi connectivity index (χ1n) is 9.83. The molecule has 9 bridgehead atoms. The van der Waals surface area contributed by atoms with Gasteiger partial charge in [-0.15, -0.1) is 0 Å². The maximum absolute atomic E-state index is 11.3. The van der Waals surface area contributed by atoms with E-state index in [2.05, 4.69) is 18.4 Å². The van der Waals surface area contributed by atoms with Crippen LogP contribution in [0.15, 0.2) is 12.2 Å². The molecule has 0 radical (unpaired) electrons. The Morgan fingerprint density at radius 2 is 1.88 bits per heavy atom. The first-order chi connectivity index (χ1) is 11.4. The van der Waals surface area contributed by atoms with Crippen molar-refractivity contribution in [2.24, 2.45) is 39.9 Å². The highest BCUT2D eigenvalue weighted by molar-refractivity contribution is 5.43. The van der Waals surface area contributed by atoms with Crippen LogP contribution in [0.2, 0.25) is 0 Å². The van der Waals surface area contributed by atoms with Crippen LogP contribution in [0.4, 0.5) is 0 Å². The predicted octanol–water partition coefficient (Wildman–Crippen LogP) is 0.764. The van der Waals surface area contributed by atoms with Crippen molar-refractivity contribution < 1.29 is 15.3 Å². The quantitative estimate of drug-likeness (QED) is 0.574. The Morgan fingerprint density at radius 3 is 2.67 bits per heavy atom. The van der Waals surface area contributed by atoms with Crippen molar-refractivity contribution in [1.29, 1.82) is 0 Å². The lowest BCUT2D eigenvalue weighted by atomic mass is 9.39. The van der Waals surface area contributed by atoms with Crippen molar-refractivity contribution >= 4 is 0 Å². The molecule has 0 aromatic rings. The van der Waals surface area contributed by atoms with Gasteiger partial charge in [-0.1, -0.05) is 19.1 Å². The molecule has 3 aliphatic heterocycles. The molecule has 3 heterocycles. The van der Waals surface area contributed by atoms with Crippen LogP contribution >= 0.6 is 0 Å². The minimum absolute atomic E-state index is 0.0358. The van der Waals surface area contributed by atoms with Gasteiger partial charge in [0.1, 0.15) is 0 Å². The predicted molar refractivity (Wildman–Crippen MR) is 86.8 cm³/mol. The molecule has 24 heavy (non-hydrogen) atoms. The van der Waals surface area contributed by atoms with Gasteiger partial charge in [-0.05, 0) is 53.8 Å². The molecule has 2 spiro atoms. The second-order valence-electron chi connectivity index (χ2n) is 10.8. The number of rotatable bonds is 0. The number of aliphatic hydroxyl groups is 3. The SMILES string of the molecule is C=C1C[C@]23C[C@H]4[C@@H]5[C@@]6(C)C[C@H](O)C[C@]57C(C2[C@@H](O)[C@H]1[C@@H](O)[C@H]37)N4C6. The van der Waals surface area contributed by atoms with Gasteiger partial charge in [0.2, 0.25) is 0 Å². The number of piperidine rings is 2. The number of nitrogens with zero attached hydrogens (tertiary/aromatic N) is 1. The van der Waals surface area contributed by atoms with Crippen LogP contribution in [0.25, 0.3) is 0 Å². The number of hydrogen-bond donors (Lipinski definition) is 3. The van der Waals surface area contributed by atoms with Crippen LogP contribution in [0.3, 0.4) is 0 Å². The molecule has 4 heteroatoms. The smallest absolute Gasteiger partial charge is 0.0679 e. The Labute approximate surface area is 142 Å². The van der Waals surface area contributed by atoms with E-state index in [-0.39, 0.29) is 40.1 Å². The summed E-state index contributed by atoms with van der Waals surface area (Å²) in [4.78, 5) is 2.73. The second-order valence-corrected chi connectivity index (χ2v) is 10.8. The van der Waals surface area contributed by atoms with Gasteiger partial charge in [0.25, 0.3) is 0 Å². The molecule has 0 aromatic carbocycles. The molecule has 4 nitrogen and oxygen atoms in total. The average molecular weight is 329 g/mol. The van der Waals surface area contributed by atoms with E-state index in [1.807, 2.05) is 0 Å². The fraction of sp³-hybridized carbons (Fsp3) is 0.900. The molecule has 9 fully saturated rings. The maximum Gasteiger partial charge on any atom is 0.0679 e. The van der Waals surface area contributed by atoms with E-state index in [0.717, 1.165) is 37.8 Å². The van der Waals surface area contributed by atoms with Gasteiger partial charge < -0.3 is 15.3 Å². The van der Waals surface area contributed by atoms with Crippen molar-refractivity contribution in [2.75, 3.05) is 6.54 Å². The van der Waals surface area contributed by atoms with Crippen LogP contribution in [-0.2, 0) is 0 Å². The van der Waals surface area contributed by atoms with Gasteiger partial charge in [-0.2, -0.15) is 0 Å². The standard InChI is InChI=1S/C20H27NO3/c1-8-3-19-6-10-15-18(2)4-9(22)5-20(15)16(19)14(24)11(8)13(23)12(19)17(20)21(10)7-18/h9-17,22-24H,1,3-7H2,2H3/t9-,10-,11-,12?,13-,14+,15+,16+,17?,18-,19-,20-/m0/s1. The van der Waals surface area contributed by atoms with E-state index in [4.69, 9.17) is 0 Å². The molecule has 6 aliphatic carbocycles. The third-order valence-corrected chi connectivity index (χ3v) is 10.1. The van der Waals surface area contributed by atoms with Gasteiger partial charge >= 0.3 is 0 Å². The largest absolute Gasteiger partial charge is 0.393 e. The van der Waals surface area contributed by atoms with Crippen molar-refractivity contribution in [3.63, 3.8) is 0 Å². The van der Waals surface area contributed by atoms with Crippen LogP contribution in [-0.4, -0.2) is 57.2 Å². The molecule has 130 valence electrons. The minimum atomic E-state index is -0.460. The van der Waals surface area contributed by atoms with E-state index in [1.54, 1.807) is 0 Å². The van der Waals surface area contributed by atoms with E-state index < -0.39 is 12.2 Å². The zero-order valence-electron chi connectivity index (χ0n) is 14.2. The average Bonchev–Trinajstić information content (AvgIpc) is 2.88. The molecule has 3 unspecified atom stereocenters. The number of fused-ring (bicyclic) bond motifs is 1. The molecule has 3 N–H and O–H groups in total. The molecular weight excluding hydrogens is 302 g/mol. The highest BCUT2D eigenvalue weighted by atomic mass is 16.3. The van der Waals surface area contributed by atoms with Gasteiger partial charge in [0.05, 0.1) is 18.3 Å². The first-order valence-corrected chi connectivity index (χ1v) is 9.83. The van der Waals surface area contributed by atoms with Gasteiger partial charge in [-0.3, -0.25) is 4.90 Å². The second kappa shape index (κ2) is 3.40. The molecule has 0 amide bonds. The Kier molecular flexibility index (Phi) is 1.95. The Bertz CT molecular complexity index is 709. The normalized spacial score (nSPS) is 76.1. The van der Waals surface area contributed by atoms with Crippen LogP contribution in [0.5, 0.6) is 0 Å². The van der Waals surface area contributed by atoms with Crippen molar-refractivity contribution in [3.8, 4) is 0 Å². The summed E-state index contributed by atoms with van der Waals surface area (Å²) in [6.07, 6.45) is 2.76. The van der Waals surface area contributed by atoms with Crippen LogP contribution in [0, 0.1) is 39.9 Å². The summed E-state index contributed by atoms with van der Waals surface area (Å²) < 4.78 is 0. The molecule has 0 aromatic heterocycles. The summed E-state index contributed by atoms with van der Waals surface area (Å²) in [5.74, 6) is 1.02. The lowest BCUT2D eigenvalue weighted by molar-refractivity contribution is -0.213. The fourth-order valence-corrected chi connectivity index (χ4v) is 10.7. The zero-order chi connectivity index (χ0) is 16.4. The minimum Gasteiger partial charge on any atom is -0.393 e. The maximum atomic E-state index is 11.3. The van der Waals surface area contributed by atoms with E-state index in [1.165, 1.54) is 0 Å². The van der Waals surface area contributed by atoms with E-state index >= 15 is 0 Å². The lowest BCUT2D eigenvalue weighted by Crippen LogP contribution is -2.67. The molecule has 3 saturated heterocycles. The Balaban J connectivity index is 1.54. The number of hydrogen-bond acceptors (Lipinski definition) is 4. The molecule has 9 rings (SSSR count). The topological polar surface area (TPSA) is 63.9 Å². The van der Waals surface area contributed by atoms with Gasteiger partial charge in [0.15, 0.2) is 0 Å². The zero-order valence-corrected chi connectivity index (χ0v) is 14.2. The fourth-order valence-electron chi connectivity index (χ4n) is 10.7. The number of aliphatic hydroxyl groups excluding tert-OH is 3. The third-order valence-electron chi connectivity index (χ3n) is 10.1. The molecular formula is C20H27NO3. The van der Waals surface area contributed by atoms with Crippen LogP contribution in [0.1, 0.15) is 32.6 Å². The summed E-state index contributed by atoms with van der Waals surface area (Å²) in [7, 11) is 0. The lowest BCUT2D eigenvalue weighted by Gasteiger charge is -2.65. The third kappa shape index (κ3) is 0.980. The molecule has 13 atom stereocenters. The monoisotopic (exact) mass is 329 g/mol. The van der Waals surface area contributed by atoms with Crippen molar-refractivity contribution in [1.82, 2.24) is 4.90 Å². The van der Waals surface area contributed by atoms with Crippen LogP contribution < -0.4 is 0 Å². The molecule has 6 saturated carbocycles. The summed E-state index contributed by atoms with van der Waals surface area (Å²) in [6, 6.07) is 0.999.